The van der Waals surface area contributed by atoms with E-state index in [9.17, 15) is 4.39 Å². The monoisotopic (exact) mass is 268 g/mol. The summed E-state index contributed by atoms with van der Waals surface area (Å²) in [5.74, 6) is -0.0907. The summed E-state index contributed by atoms with van der Waals surface area (Å²) in [6.07, 6.45) is 0. The summed E-state index contributed by atoms with van der Waals surface area (Å²) in [7, 11) is 0. The van der Waals surface area contributed by atoms with Gasteiger partial charge in [-0.3, -0.25) is 0 Å². The van der Waals surface area contributed by atoms with Gasteiger partial charge in [-0.25, -0.2) is 4.39 Å². The summed E-state index contributed by atoms with van der Waals surface area (Å²) < 4.78 is 18.4. The van der Waals surface area contributed by atoms with Crippen molar-refractivity contribution >= 4 is 5.88 Å². The zero-order chi connectivity index (χ0) is 14.1. The molecule has 3 rings (SSSR count). The Morgan fingerprint density at radius 1 is 1.05 bits per heavy atom. The lowest BCUT2D eigenvalue weighted by molar-refractivity contribution is 0.439. The number of nitrogens with zero attached hydrogens (tertiary/aromatic N) is 1. The first kappa shape index (κ1) is 12.4. The predicted molar refractivity (Wildman–Crippen MR) is 76.5 cm³/mol. The smallest absolute Gasteiger partial charge is 0.230 e. The summed E-state index contributed by atoms with van der Waals surface area (Å²) in [6.45, 7) is 2.01. The van der Waals surface area contributed by atoms with Crippen LogP contribution < -0.4 is 5.73 Å². The van der Waals surface area contributed by atoms with Crippen LogP contribution in [-0.2, 0) is 0 Å². The maximum atomic E-state index is 13.4. The van der Waals surface area contributed by atoms with E-state index in [1.807, 2.05) is 31.2 Å². The lowest BCUT2D eigenvalue weighted by atomic mass is 10.00. The van der Waals surface area contributed by atoms with Crippen molar-refractivity contribution in [2.45, 2.75) is 6.92 Å². The third kappa shape index (κ3) is 2.16. The van der Waals surface area contributed by atoms with Crippen LogP contribution in [0.2, 0.25) is 0 Å². The molecule has 0 aliphatic heterocycles. The van der Waals surface area contributed by atoms with Crippen molar-refractivity contribution < 1.29 is 8.91 Å². The van der Waals surface area contributed by atoms with Crippen LogP contribution in [0.25, 0.3) is 22.4 Å². The van der Waals surface area contributed by atoms with Gasteiger partial charge >= 0.3 is 0 Å². The Bertz CT molecular complexity index is 747. The van der Waals surface area contributed by atoms with E-state index in [0.717, 1.165) is 11.1 Å². The molecule has 2 aromatic carbocycles. The summed E-state index contributed by atoms with van der Waals surface area (Å²) in [5, 5.41) is 3.96. The molecular weight excluding hydrogens is 255 g/mol. The quantitative estimate of drug-likeness (QED) is 0.763. The maximum absolute atomic E-state index is 13.4. The van der Waals surface area contributed by atoms with Gasteiger partial charge in [0.25, 0.3) is 0 Å². The van der Waals surface area contributed by atoms with E-state index in [1.165, 1.54) is 12.1 Å². The normalized spacial score (nSPS) is 10.7. The van der Waals surface area contributed by atoms with Crippen molar-refractivity contribution in [1.29, 1.82) is 0 Å². The summed E-state index contributed by atoms with van der Waals surface area (Å²) in [6, 6.07) is 14.1. The topological polar surface area (TPSA) is 52.0 Å². The number of aromatic nitrogens is 1. The number of aryl methyl sites for hydroxylation is 1. The SMILES string of the molecule is Cc1ccc(-c2c(-c3cccc(F)c3)noc2N)cc1. The van der Waals surface area contributed by atoms with Crippen molar-refractivity contribution in [1.82, 2.24) is 5.16 Å². The van der Waals surface area contributed by atoms with E-state index in [0.29, 0.717) is 16.8 Å². The Labute approximate surface area is 115 Å². The van der Waals surface area contributed by atoms with Crippen LogP contribution in [0.5, 0.6) is 0 Å². The molecule has 0 radical (unpaired) electrons. The fourth-order valence-corrected chi connectivity index (χ4v) is 2.13. The minimum atomic E-state index is -0.320. The second kappa shape index (κ2) is 4.81. The Morgan fingerprint density at radius 3 is 2.50 bits per heavy atom. The Kier molecular flexibility index (Phi) is 2.99. The zero-order valence-electron chi connectivity index (χ0n) is 10.9. The molecule has 0 saturated carbocycles. The number of halogens is 1. The first-order chi connectivity index (χ1) is 9.65. The molecule has 0 aliphatic carbocycles. The van der Waals surface area contributed by atoms with Crippen molar-refractivity contribution in [3.8, 4) is 22.4 Å². The minimum absolute atomic E-state index is 0.230. The highest BCUT2D eigenvalue weighted by Gasteiger charge is 2.17. The Hall–Kier alpha value is -2.62. The zero-order valence-corrected chi connectivity index (χ0v) is 10.9. The van der Waals surface area contributed by atoms with Crippen LogP contribution in [0.1, 0.15) is 5.56 Å². The number of anilines is 1. The molecule has 20 heavy (non-hydrogen) atoms. The maximum Gasteiger partial charge on any atom is 0.230 e. The fourth-order valence-electron chi connectivity index (χ4n) is 2.13. The number of nitrogens with two attached hydrogens (primary N) is 1. The van der Waals surface area contributed by atoms with Crippen LogP contribution in [0.4, 0.5) is 10.3 Å². The molecule has 0 unspecified atom stereocenters. The molecule has 2 N–H and O–H groups in total. The van der Waals surface area contributed by atoms with Crippen molar-refractivity contribution in [2.75, 3.05) is 5.73 Å². The molecule has 0 aliphatic rings. The first-order valence-corrected chi connectivity index (χ1v) is 6.23. The molecule has 0 spiro atoms. The molecule has 0 fully saturated rings. The number of nitrogen functional groups attached to an aromatic ring is 1. The van der Waals surface area contributed by atoms with Gasteiger partial charge in [-0.1, -0.05) is 47.1 Å². The van der Waals surface area contributed by atoms with Crippen LogP contribution in [0.3, 0.4) is 0 Å². The third-order valence-corrected chi connectivity index (χ3v) is 3.16. The second-order valence-electron chi connectivity index (χ2n) is 4.65. The van der Waals surface area contributed by atoms with Gasteiger partial charge in [0.15, 0.2) is 0 Å². The number of hydrogen-bond donors (Lipinski definition) is 1. The fraction of sp³-hybridized carbons (Fsp3) is 0.0625. The van der Waals surface area contributed by atoms with Gasteiger partial charge in [0, 0.05) is 5.56 Å². The molecule has 4 heteroatoms. The van der Waals surface area contributed by atoms with Crippen molar-refractivity contribution in [3.63, 3.8) is 0 Å². The molecular formula is C16H13FN2O. The van der Waals surface area contributed by atoms with Gasteiger partial charge in [0.2, 0.25) is 5.88 Å². The first-order valence-electron chi connectivity index (χ1n) is 6.23. The van der Waals surface area contributed by atoms with Gasteiger partial charge in [0.05, 0.1) is 5.56 Å². The largest absolute Gasteiger partial charge is 0.367 e. The second-order valence-corrected chi connectivity index (χ2v) is 4.65. The highest BCUT2D eigenvalue weighted by molar-refractivity contribution is 5.86. The summed E-state index contributed by atoms with van der Waals surface area (Å²) in [5.41, 5.74) is 9.79. The average molecular weight is 268 g/mol. The molecule has 1 heterocycles. The van der Waals surface area contributed by atoms with E-state index < -0.39 is 0 Å². The van der Waals surface area contributed by atoms with E-state index >= 15 is 0 Å². The van der Waals surface area contributed by atoms with Gasteiger partial charge in [-0.15, -0.1) is 0 Å². The number of rotatable bonds is 2. The number of hydrogen-bond acceptors (Lipinski definition) is 3. The molecule has 0 atom stereocenters. The van der Waals surface area contributed by atoms with Crippen LogP contribution in [0, 0.1) is 12.7 Å². The van der Waals surface area contributed by atoms with Gasteiger partial charge in [-0.05, 0) is 24.6 Å². The van der Waals surface area contributed by atoms with Crippen LogP contribution >= 0.6 is 0 Å². The minimum Gasteiger partial charge on any atom is -0.367 e. The van der Waals surface area contributed by atoms with Crippen molar-refractivity contribution in [2.24, 2.45) is 0 Å². The van der Waals surface area contributed by atoms with E-state index in [1.54, 1.807) is 12.1 Å². The lowest BCUT2D eigenvalue weighted by Crippen LogP contribution is -1.88. The van der Waals surface area contributed by atoms with Crippen molar-refractivity contribution in [3.05, 3.63) is 59.9 Å². The lowest BCUT2D eigenvalue weighted by Gasteiger charge is -2.03. The highest BCUT2D eigenvalue weighted by atomic mass is 19.1. The van der Waals surface area contributed by atoms with E-state index in [-0.39, 0.29) is 11.7 Å². The van der Waals surface area contributed by atoms with Gasteiger partial charge in [0.1, 0.15) is 11.5 Å². The molecule has 3 aromatic rings. The summed E-state index contributed by atoms with van der Waals surface area (Å²) >= 11 is 0. The molecule has 0 bridgehead atoms. The molecule has 1 aromatic heterocycles. The standard InChI is InChI=1S/C16H13FN2O/c1-10-5-7-11(8-6-10)14-15(19-20-16(14)18)12-3-2-4-13(17)9-12/h2-9H,18H2,1H3. The molecule has 0 amide bonds. The van der Waals surface area contributed by atoms with Crippen LogP contribution in [-0.4, -0.2) is 5.16 Å². The average Bonchev–Trinajstić information content (AvgIpc) is 2.82. The Balaban J connectivity index is 2.17. The molecule has 100 valence electrons. The Morgan fingerprint density at radius 2 is 1.80 bits per heavy atom. The number of benzene rings is 2. The summed E-state index contributed by atoms with van der Waals surface area (Å²) in [4.78, 5) is 0. The predicted octanol–water partition coefficient (Wildman–Crippen LogP) is 4.04. The van der Waals surface area contributed by atoms with Crippen LogP contribution in [0.15, 0.2) is 53.1 Å². The highest BCUT2D eigenvalue weighted by Crippen LogP contribution is 2.36. The van der Waals surface area contributed by atoms with E-state index in [4.69, 9.17) is 10.3 Å². The third-order valence-electron chi connectivity index (χ3n) is 3.16. The van der Waals surface area contributed by atoms with Gasteiger partial charge < -0.3 is 10.3 Å². The molecule has 0 saturated heterocycles. The molecule has 3 nitrogen and oxygen atoms in total. The van der Waals surface area contributed by atoms with E-state index in [2.05, 4.69) is 5.16 Å². The van der Waals surface area contributed by atoms with Gasteiger partial charge in [-0.2, -0.15) is 0 Å².